The molecule has 20 heavy (non-hydrogen) atoms. The van der Waals surface area contributed by atoms with Gasteiger partial charge in [0.05, 0.1) is 0 Å². The van der Waals surface area contributed by atoms with Gasteiger partial charge in [-0.05, 0) is 41.3 Å². The van der Waals surface area contributed by atoms with Crippen molar-refractivity contribution < 1.29 is 10.2 Å². The predicted octanol–water partition coefficient (Wildman–Crippen LogP) is 4.17. The molecule has 0 spiro atoms. The van der Waals surface area contributed by atoms with Crippen molar-refractivity contribution in [2.75, 3.05) is 0 Å². The molecule has 2 heteroatoms. The van der Waals surface area contributed by atoms with Gasteiger partial charge in [0.15, 0.2) is 0 Å². The fraction of sp³-hybridized carbons (Fsp3) is 0.222. The van der Waals surface area contributed by atoms with E-state index in [9.17, 15) is 10.2 Å². The summed E-state index contributed by atoms with van der Waals surface area (Å²) in [6.07, 6.45) is 4.49. The first-order chi connectivity index (χ1) is 9.65. The van der Waals surface area contributed by atoms with Crippen LogP contribution in [0.3, 0.4) is 0 Å². The zero-order chi connectivity index (χ0) is 14.1. The summed E-state index contributed by atoms with van der Waals surface area (Å²) in [4.78, 5) is 0. The minimum atomic E-state index is 0.304. The van der Waals surface area contributed by atoms with E-state index in [1.807, 2.05) is 24.3 Å². The largest absolute Gasteiger partial charge is 0.508 e. The average molecular weight is 266 g/mol. The van der Waals surface area contributed by atoms with Gasteiger partial charge in [-0.15, -0.1) is 0 Å². The van der Waals surface area contributed by atoms with Gasteiger partial charge in [0, 0.05) is 11.8 Å². The molecule has 0 fully saturated rings. The van der Waals surface area contributed by atoms with Crippen molar-refractivity contribution >= 4 is 0 Å². The van der Waals surface area contributed by atoms with Crippen molar-refractivity contribution in [3.63, 3.8) is 0 Å². The molecule has 2 unspecified atom stereocenters. The zero-order valence-corrected chi connectivity index (χ0v) is 11.4. The van der Waals surface area contributed by atoms with E-state index in [0.717, 1.165) is 0 Å². The number of rotatable bonds is 2. The van der Waals surface area contributed by atoms with Crippen LogP contribution in [-0.2, 0) is 0 Å². The van der Waals surface area contributed by atoms with Crippen LogP contribution in [0, 0.1) is 5.92 Å². The third-order valence-electron chi connectivity index (χ3n) is 4.21. The van der Waals surface area contributed by atoms with E-state index in [4.69, 9.17) is 0 Å². The van der Waals surface area contributed by atoms with Crippen molar-refractivity contribution in [2.45, 2.75) is 18.8 Å². The summed E-state index contributed by atoms with van der Waals surface area (Å²) < 4.78 is 0. The van der Waals surface area contributed by atoms with Gasteiger partial charge in [0.25, 0.3) is 0 Å². The number of benzene rings is 2. The maximum atomic E-state index is 9.38. The minimum Gasteiger partial charge on any atom is -0.508 e. The maximum absolute atomic E-state index is 9.38. The van der Waals surface area contributed by atoms with E-state index in [1.165, 1.54) is 11.1 Å². The summed E-state index contributed by atoms with van der Waals surface area (Å²) >= 11 is 0. The Balaban J connectivity index is 1.84. The third-order valence-corrected chi connectivity index (χ3v) is 4.21. The number of allylic oxidation sites excluding steroid dienone is 2. The molecule has 0 heterocycles. The van der Waals surface area contributed by atoms with Crippen LogP contribution >= 0.6 is 0 Å². The van der Waals surface area contributed by atoms with Crippen LogP contribution in [0.2, 0.25) is 0 Å². The standard InChI is InChI=1S/C18H18O2/c1-12-17(13-2-6-15(19)7-3-13)10-11-18(12)14-4-8-16(20)9-5-14/h2-12,17-20H,1H3. The molecule has 0 amide bonds. The van der Waals surface area contributed by atoms with Gasteiger partial charge in [-0.2, -0.15) is 0 Å². The molecule has 2 nitrogen and oxygen atoms in total. The fourth-order valence-electron chi connectivity index (χ4n) is 3.04. The van der Waals surface area contributed by atoms with Crippen LogP contribution < -0.4 is 0 Å². The van der Waals surface area contributed by atoms with Crippen molar-refractivity contribution in [3.8, 4) is 11.5 Å². The highest BCUT2D eigenvalue weighted by Crippen LogP contribution is 2.43. The van der Waals surface area contributed by atoms with E-state index in [1.54, 1.807) is 24.3 Å². The first-order valence-electron chi connectivity index (χ1n) is 6.91. The summed E-state index contributed by atoms with van der Waals surface area (Å²) in [5.74, 6) is 1.81. The molecule has 0 saturated carbocycles. The minimum absolute atomic E-state index is 0.304. The fourth-order valence-corrected chi connectivity index (χ4v) is 3.04. The van der Waals surface area contributed by atoms with Gasteiger partial charge in [0.2, 0.25) is 0 Å². The molecule has 0 saturated heterocycles. The average Bonchev–Trinajstić information content (AvgIpc) is 2.83. The number of aromatic hydroxyl groups is 2. The first-order valence-corrected chi connectivity index (χ1v) is 6.91. The number of hydrogen-bond donors (Lipinski definition) is 2. The molecule has 0 bridgehead atoms. The number of hydrogen-bond acceptors (Lipinski definition) is 2. The first kappa shape index (κ1) is 12.8. The van der Waals surface area contributed by atoms with Crippen molar-refractivity contribution in [2.24, 2.45) is 5.92 Å². The van der Waals surface area contributed by atoms with Crippen LogP contribution in [0.25, 0.3) is 0 Å². The molecule has 3 rings (SSSR count). The molecule has 0 aliphatic heterocycles. The highest BCUT2D eigenvalue weighted by Gasteiger charge is 2.29. The molecule has 1 aliphatic rings. The summed E-state index contributed by atoms with van der Waals surface area (Å²) in [5.41, 5.74) is 2.46. The Morgan fingerprint density at radius 3 is 1.35 bits per heavy atom. The van der Waals surface area contributed by atoms with E-state index in [-0.39, 0.29) is 0 Å². The van der Waals surface area contributed by atoms with Crippen LogP contribution in [0.15, 0.2) is 60.7 Å². The van der Waals surface area contributed by atoms with Gasteiger partial charge in [-0.3, -0.25) is 0 Å². The second kappa shape index (κ2) is 5.04. The van der Waals surface area contributed by atoms with Crippen molar-refractivity contribution in [1.29, 1.82) is 0 Å². The summed E-state index contributed by atoms with van der Waals surface area (Å²) in [7, 11) is 0. The Hall–Kier alpha value is -2.22. The summed E-state index contributed by atoms with van der Waals surface area (Å²) in [5, 5.41) is 18.8. The van der Waals surface area contributed by atoms with Crippen LogP contribution in [0.5, 0.6) is 11.5 Å². The van der Waals surface area contributed by atoms with Crippen molar-refractivity contribution in [1.82, 2.24) is 0 Å². The maximum Gasteiger partial charge on any atom is 0.115 e. The predicted molar refractivity (Wildman–Crippen MR) is 80.0 cm³/mol. The van der Waals surface area contributed by atoms with Crippen LogP contribution in [0.4, 0.5) is 0 Å². The summed E-state index contributed by atoms with van der Waals surface area (Å²) in [6.45, 7) is 2.25. The van der Waals surface area contributed by atoms with E-state index in [2.05, 4.69) is 19.1 Å². The van der Waals surface area contributed by atoms with Gasteiger partial charge in [-0.25, -0.2) is 0 Å². The smallest absolute Gasteiger partial charge is 0.115 e. The van der Waals surface area contributed by atoms with Gasteiger partial charge in [0.1, 0.15) is 11.5 Å². The molecule has 1 aliphatic carbocycles. The number of phenolic OH excluding ortho intramolecular Hbond substituents is 2. The molecular weight excluding hydrogens is 248 g/mol. The SMILES string of the molecule is CC1C(c2ccc(O)cc2)C=CC1c1ccc(O)cc1. The summed E-state index contributed by atoms with van der Waals surface area (Å²) in [6, 6.07) is 14.9. The molecule has 0 aromatic heterocycles. The Bertz CT molecular complexity index is 555. The third kappa shape index (κ3) is 2.29. The molecule has 2 N–H and O–H groups in total. The van der Waals surface area contributed by atoms with Crippen molar-refractivity contribution in [3.05, 3.63) is 71.8 Å². The molecule has 0 radical (unpaired) electrons. The lowest BCUT2D eigenvalue weighted by Gasteiger charge is -2.22. The van der Waals surface area contributed by atoms with Crippen LogP contribution in [-0.4, -0.2) is 10.2 Å². The quantitative estimate of drug-likeness (QED) is 0.801. The van der Waals surface area contributed by atoms with E-state index < -0.39 is 0 Å². The van der Waals surface area contributed by atoms with Crippen LogP contribution in [0.1, 0.15) is 29.9 Å². The van der Waals surface area contributed by atoms with E-state index in [0.29, 0.717) is 29.3 Å². The van der Waals surface area contributed by atoms with E-state index >= 15 is 0 Å². The lowest BCUT2D eigenvalue weighted by Crippen LogP contribution is -2.09. The number of phenols is 2. The Morgan fingerprint density at radius 1 is 0.650 bits per heavy atom. The Kier molecular flexibility index (Phi) is 3.23. The highest BCUT2D eigenvalue weighted by atomic mass is 16.3. The second-order valence-corrected chi connectivity index (χ2v) is 5.48. The molecular formula is C18H18O2. The zero-order valence-electron chi connectivity index (χ0n) is 11.4. The Labute approximate surface area is 119 Å². The molecule has 2 aromatic carbocycles. The molecule has 2 atom stereocenters. The van der Waals surface area contributed by atoms with Gasteiger partial charge in [-0.1, -0.05) is 43.3 Å². The molecule has 102 valence electrons. The molecule has 2 aromatic rings. The Morgan fingerprint density at radius 2 is 1.00 bits per heavy atom. The normalized spacial score (nSPS) is 24.9. The highest BCUT2D eigenvalue weighted by molar-refractivity contribution is 5.38. The monoisotopic (exact) mass is 266 g/mol. The lowest BCUT2D eigenvalue weighted by atomic mass is 9.82. The van der Waals surface area contributed by atoms with Gasteiger partial charge < -0.3 is 10.2 Å². The second-order valence-electron chi connectivity index (χ2n) is 5.48. The van der Waals surface area contributed by atoms with Gasteiger partial charge >= 0.3 is 0 Å². The topological polar surface area (TPSA) is 40.5 Å². The lowest BCUT2D eigenvalue weighted by molar-refractivity contribution is 0.472.